The first kappa shape index (κ1) is 17.0. The Morgan fingerprint density at radius 1 is 1.07 bits per heavy atom. The Morgan fingerprint density at radius 3 is 2.59 bits per heavy atom. The normalized spacial score (nSPS) is 15.3. The fraction of sp³-hybridized carbons (Fsp3) is 0.200. The summed E-state index contributed by atoms with van der Waals surface area (Å²) < 4.78 is 1.27. The van der Waals surface area contributed by atoms with Gasteiger partial charge in [-0.15, -0.1) is 0 Å². The fourth-order valence-electron chi connectivity index (χ4n) is 3.33. The van der Waals surface area contributed by atoms with Crippen molar-refractivity contribution < 1.29 is 9.59 Å². The van der Waals surface area contributed by atoms with E-state index in [1.54, 1.807) is 62.4 Å². The van der Waals surface area contributed by atoms with Gasteiger partial charge in [0.2, 0.25) is 11.8 Å². The van der Waals surface area contributed by atoms with Gasteiger partial charge in [0.25, 0.3) is 5.56 Å². The lowest BCUT2D eigenvalue weighted by Crippen LogP contribution is -2.59. The molecule has 136 valence electrons. The molecule has 7 nitrogen and oxygen atoms in total. The van der Waals surface area contributed by atoms with Gasteiger partial charge in [0, 0.05) is 0 Å². The summed E-state index contributed by atoms with van der Waals surface area (Å²) in [6.45, 7) is 3.15. The van der Waals surface area contributed by atoms with Gasteiger partial charge in [-0.05, 0) is 38.1 Å². The molecule has 0 unspecified atom stereocenters. The van der Waals surface area contributed by atoms with Crippen molar-refractivity contribution in [2.24, 2.45) is 0 Å². The molecular weight excluding hydrogens is 344 g/mol. The molecule has 0 saturated heterocycles. The van der Waals surface area contributed by atoms with Crippen molar-refractivity contribution in [3.63, 3.8) is 0 Å². The average Bonchev–Trinajstić information content (AvgIpc) is 2.65. The third-order valence-corrected chi connectivity index (χ3v) is 4.79. The van der Waals surface area contributed by atoms with Crippen LogP contribution in [0.25, 0.3) is 10.9 Å². The number of nitrogens with one attached hydrogen (secondary N) is 1. The number of hydrogen-bond donors (Lipinski definition) is 1. The van der Waals surface area contributed by atoms with Crippen LogP contribution < -0.4 is 15.8 Å². The summed E-state index contributed by atoms with van der Waals surface area (Å²) in [4.78, 5) is 44.0. The highest BCUT2D eigenvalue weighted by molar-refractivity contribution is 6.14. The lowest BCUT2D eigenvalue weighted by molar-refractivity contribution is -0.126. The number of para-hydroxylation sites is 3. The molecule has 2 aromatic carbocycles. The first-order chi connectivity index (χ1) is 12.9. The molecule has 1 aliphatic heterocycles. The zero-order valence-corrected chi connectivity index (χ0v) is 15.0. The van der Waals surface area contributed by atoms with Gasteiger partial charge in [-0.25, -0.2) is 4.98 Å². The standard InChI is InChI=1S/C20H18N4O3/c1-20(2)19(27)22-15-9-5-6-10-16(15)24(20)17(25)11-23-12-21-14-8-4-3-7-13(14)18(23)26/h3-10,12H,11H2,1-2H3,(H,22,27). The summed E-state index contributed by atoms with van der Waals surface area (Å²) in [5, 5.41) is 3.27. The van der Waals surface area contributed by atoms with Gasteiger partial charge in [-0.2, -0.15) is 0 Å². The van der Waals surface area contributed by atoms with Crippen molar-refractivity contribution in [1.82, 2.24) is 9.55 Å². The Labute approximate surface area is 155 Å². The summed E-state index contributed by atoms with van der Waals surface area (Å²) in [5.41, 5.74) is 0.378. The smallest absolute Gasteiger partial charge is 0.261 e. The number of carbonyl (C=O) groups excluding carboxylic acids is 2. The molecule has 2 amide bonds. The van der Waals surface area contributed by atoms with E-state index in [0.717, 1.165) is 0 Å². The number of anilines is 2. The third kappa shape index (κ3) is 2.68. The van der Waals surface area contributed by atoms with Crippen LogP contribution in [0, 0.1) is 0 Å². The van der Waals surface area contributed by atoms with E-state index in [0.29, 0.717) is 22.3 Å². The van der Waals surface area contributed by atoms with Crippen LogP contribution in [0.1, 0.15) is 13.8 Å². The molecule has 4 rings (SSSR count). The molecule has 1 N–H and O–H groups in total. The van der Waals surface area contributed by atoms with Gasteiger partial charge >= 0.3 is 0 Å². The zero-order chi connectivity index (χ0) is 19.2. The number of rotatable bonds is 2. The second-order valence-corrected chi connectivity index (χ2v) is 6.95. The quantitative estimate of drug-likeness (QED) is 0.757. The van der Waals surface area contributed by atoms with Crippen LogP contribution in [0.5, 0.6) is 0 Å². The monoisotopic (exact) mass is 362 g/mol. The summed E-state index contributed by atoms with van der Waals surface area (Å²) in [6, 6.07) is 14.1. The molecule has 0 bridgehead atoms. The van der Waals surface area contributed by atoms with Crippen LogP contribution in [0.15, 0.2) is 59.7 Å². The Bertz CT molecular complexity index is 1130. The average molecular weight is 362 g/mol. The van der Waals surface area contributed by atoms with Gasteiger partial charge in [-0.1, -0.05) is 24.3 Å². The molecule has 2 heterocycles. The van der Waals surface area contributed by atoms with Crippen molar-refractivity contribution in [2.45, 2.75) is 25.9 Å². The first-order valence-electron chi connectivity index (χ1n) is 8.57. The van der Waals surface area contributed by atoms with E-state index in [2.05, 4.69) is 10.3 Å². The maximum Gasteiger partial charge on any atom is 0.261 e. The van der Waals surface area contributed by atoms with Crippen LogP contribution in [-0.4, -0.2) is 26.9 Å². The van der Waals surface area contributed by atoms with Gasteiger partial charge in [-0.3, -0.25) is 23.9 Å². The maximum absolute atomic E-state index is 13.1. The Morgan fingerprint density at radius 2 is 1.78 bits per heavy atom. The molecule has 0 spiro atoms. The van der Waals surface area contributed by atoms with Crippen molar-refractivity contribution in [3.05, 3.63) is 65.2 Å². The van der Waals surface area contributed by atoms with E-state index < -0.39 is 5.54 Å². The van der Waals surface area contributed by atoms with Crippen molar-refractivity contribution in [3.8, 4) is 0 Å². The van der Waals surface area contributed by atoms with Gasteiger partial charge < -0.3 is 5.32 Å². The molecule has 1 aromatic heterocycles. The van der Waals surface area contributed by atoms with E-state index in [1.165, 1.54) is 15.8 Å². The number of nitrogens with zero attached hydrogens (tertiary/aromatic N) is 3. The second kappa shape index (κ2) is 6.05. The second-order valence-electron chi connectivity index (χ2n) is 6.95. The zero-order valence-electron chi connectivity index (χ0n) is 15.0. The molecule has 0 fully saturated rings. The first-order valence-corrected chi connectivity index (χ1v) is 8.57. The largest absolute Gasteiger partial charge is 0.322 e. The van der Waals surface area contributed by atoms with Crippen LogP contribution in [0.3, 0.4) is 0 Å². The van der Waals surface area contributed by atoms with E-state index in [4.69, 9.17) is 0 Å². The number of amides is 2. The molecule has 1 aliphatic rings. The fourth-order valence-corrected chi connectivity index (χ4v) is 3.33. The highest BCUT2D eigenvalue weighted by Crippen LogP contribution is 2.36. The minimum absolute atomic E-state index is 0.207. The Hall–Kier alpha value is -3.48. The molecular formula is C20H18N4O3. The summed E-state index contributed by atoms with van der Waals surface area (Å²) in [5.74, 6) is -0.639. The van der Waals surface area contributed by atoms with E-state index in [9.17, 15) is 14.4 Å². The van der Waals surface area contributed by atoms with E-state index in [-0.39, 0.29) is 23.9 Å². The molecule has 0 atom stereocenters. The summed E-state index contributed by atoms with van der Waals surface area (Å²) in [6.07, 6.45) is 1.37. The van der Waals surface area contributed by atoms with Crippen LogP contribution in [0.2, 0.25) is 0 Å². The SMILES string of the molecule is CC1(C)C(=O)Nc2ccccc2N1C(=O)Cn1cnc2ccccc2c1=O. The molecule has 0 aliphatic carbocycles. The topological polar surface area (TPSA) is 84.3 Å². The summed E-state index contributed by atoms with van der Waals surface area (Å²) in [7, 11) is 0. The van der Waals surface area contributed by atoms with Crippen LogP contribution in [0.4, 0.5) is 11.4 Å². The number of carbonyl (C=O) groups is 2. The lowest BCUT2D eigenvalue weighted by atomic mass is 9.96. The number of hydrogen-bond acceptors (Lipinski definition) is 4. The number of aromatic nitrogens is 2. The predicted octanol–water partition coefficient (Wildman–Crippen LogP) is 2.16. The highest BCUT2D eigenvalue weighted by atomic mass is 16.2. The van der Waals surface area contributed by atoms with E-state index >= 15 is 0 Å². The van der Waals surface area contributed by atoms with Crippen molar-refractivity contribution in [1.29, 1.82) is 0 Å². The minimum Gasteiger partial charge on any atom is -0.322 e. The maximum atomic E-state index is 13.1. The Balaban J connectivity index is 1.76. The Kier molecular flexibility index (Phi) is 3.80. The highest BCUT2D eigenvalue weighted by Gasteiger charge is 2.43. The van der Waals surface area contributed by atoms with Gasteiger partial charge in [0.15, 0.2) is 0 Å². The predicted molar refractivity (Wildman–Crippen MR) is 103 cm³/mol. The van der Waals surface area contributed by atoms with Gasteiger partial charge in [0.1, 0.15) is 12.1 Å². The molecule has 0 saturated carbocycles. The van der Waals surface area contributed by atoms with Crippen molar-refractivity contribution in [2.75, 3.05) is 10.2 Å². The molecule has 7 heteroatoms. The van der Waals surface area contributed by atoms with Crippen LogP contribution in [-0.2, 0) is 16.1 Å². The van der Waals surface area contributed by atoms with E-state index in [1.807, 2.05) is 0 Å². The van der Waals surface area contributed by atoms with Gasteiger partial charge in [0.05, 0.1) is 28.6 Å². The minimum atomic E-state index is -1.08. The van der Waals surface area contributed by atoms with Crippen molar-refractivity contribution >= 4 is 34.1 Å². The van der Waals surface area contributed by atoms with Crippen LogP contribution >= 0.6 is 0 Å². The molecule has 0 radical (unpaired) electrons. The lowest BCUT2D eigenvalue weighted by Gasteiger charge is -2.42. The number of fused-ring (bicyclic) bond motifs is 2. The molecule has 27 heavy (non-hydrogen) atoms. The third-order valence-electron chi connectivity index (χ3n) is 4.79. The summed E-state index contributed by atoms with van der Waals surface area (Å²) >= 11 is 0. The number of benzene rings is 2. The molecule has 3 aromatic rings.